The maximum atomic E-state index is 12.5. The van der Waals surface area contributed by atoms with Gasteiger partial charge in [-0.1, -0.05) is 0 Å². The Balaban J connectivity index is 2.29. The van der Waals surface area contributed by atoms with E-state index in [1.807, 2.05) is 0 Å². The van der Waals surface area contributed by atoms with Gasteiger partial charge in [-0.2, -0.15) is 0 Å². The highest BCUT2D eigenvalue weighted by molar-refractivity contribution is 5.93. The van der Waals surface area contributed by atoms with Crippen molar-refractivity contribution in [3.05, 3.63) is 48.0 Å². The standard InChI is InChI=1S/C16H17N3O5/c1-23-12-5-11(6-13(7-12)24-2)9-19(10-15(20)21)16(22)14-8-17-3-4-18-14/h3-8H,9-10H2,1-2H3,(H,20,21). The molecular formula is C16H17N3O5. The topological polar surface area (TPSA) is 102 Å². The first-order chi connectivity index (χ1) is 11.5. The summed E-state index contributed by atoms with van der Waals surface area (Å²) in [6.45, 7) is -0.399. The summed E-state index contributed by atoms with van der Waals surface area (Å²) in [5, 5.41) is 9.08. The van der Waals surface area contributed by atoms with Crippen LogP contribution >= 0.6 is 0 Å². The molecule has 0 radical (unpaired) electrons. The molecule has 8 heteroatoms. The molecule has 0 saturated carbocycles. The lowest BCUT2D eigenvalue weighted by Gasteiger charge is -2.21. The Morgan fingerprint density at radius 2 is 1.79 bits per heavy atom. The van der Waals surface area contributed by atoms with E-state index in [0.717, 1.165) is 0 Å². The molecule has 0 saturated heterocycles. The summed E-state index contributed by atoms with van der Waals surface area (Å²) in [5.74, 6) is -0.549. The van der Waals surface area contributed by atoms with Gasteiger partial charge in [0.2, 0.25) is 0 Å². The largest absolute Gasteiger partial charge is 0.497 e. The molecule has 0 unspecified atom stereocenters. The van der Waals surface area contributed by atoms with Gasteiger partial charge in [0.15, 0.2) is 0 Å². The molecule has 0 bridgehead atoms. The highest BCUT2D eigenvalue weighted by Crippen LogP contribution is 2.23. The fourth-order valence-electron chi connectivity index (χ4n) is 2.11. The monoisotopic (exact) mass is 331 g/mol. The van der Waals surface area contributed by atoms with E-state index in [4.69, 9.17) is 14.6 Å². The van der Waals surface area contributed by atoms with E-state index in [1.165, 1.54) is 37.7 Å². The zero-order chi connectivity index (χ0) is 17.5. The number of nitrogens with zero attached hydrogens (tertiary/aromatic N) is 3. The van der Waals surface area contributed by atoms with Gasteiger partial charge in [0, 0.05) is 25.0 Å². The summed E-state index contributed by atoms with van der Waals surface area (Å²) in [6.07, 6.45) is 4.11. The number of carboxylic acid groups (broad SMARTS) is 1. The molecule has 0 aliphatic carbocycles. The predicted octanol–water partition coefficient (Wildman–Crippen LogP) is 1.22. The van der Waals surface area contributed by atoms with Crippen molar-refractivity contribution in [3.63, 3.8) is 0 Å². The van der Waals surface area contributed by atoms with Crippen molar-refractivity contribution in [1.29, 1.82) is 0 Å². The summed E-state index contributed by atoms with van der Waals surface area (Å²) in [5.41, 5.74) is 0.748. The fourth-order valence-corrected chi connectivity index (χ4v) is 2.11. The first kappa shape index (κ1) is 17.2. The van der Waals surface area contributed by atoms with Crippen molar-refractivity contribution in [2.24, 2.45) is 0 Å². The minimum atomic E-state index is -1.12. The number of amides is 1. The van der Waals surface area contributed by atoms with Gasteiger partial charge in [-0.25, -0.2) is 4.98 Å². The van der Waals surface area contributed by atoms with Crippen LogP contribution in [0.5, 0.6) is 11.5 Å². The lowest BCUT2D eigenvalue weighted by molar-refractivity contribution is -0.137. The van der Waals surface area contributed by atoms with Crippen molar-refractivity contribution in [2.45, 2.75) is 6.54 Å². The second-order valence-electron chi connectivity index (χ2n) is 4.87. The summed E-state index contributed by atoms with van der Waals surface area (Å²) in [6, 6.07) is 5.11. The van der Waals surface area contributed by atoms with Crippen molar-refractivity contribution >= 4 is 11.9 Å². The third kappa shape index (κ3) is 4.42. The second-order valence-corrected chi connectivity index (χ2v) is 4.87. The van der Waals surface area contributed by atoms with E-state index >= 15 is 0 Å². The molecule has 0 aliphatic heterocycles. The minimum Gasteiger partial charge on any atom is -0.497 e. The van der Waals surface area contributed by atoms with Crippen LogP contribution in [0.3, 0.4) is 0 Å². The number of hydrogen-bond donors (Lipinski definition) is 1. The van der Waals surface area contributed by atoms with E-state index in [-0.39, 0.29) is 12.2 Å². The number of aliphatic carboxylic acids is 1. The molecule has 0 spiro atoms. The van der Waals surface area contributed by atoms with Crippen LogP contribution in [0.2, 0.25) is 0 Å². The number of benzene rings is 1. The van der Waals surface area contributed by atoms with Crippen LogP contribution in [0.4, 0.5) is 0 Å². The van der Waals surface area contributed by atoms with E-state index in [2.05, 4.69) is 9.97 Å². The summed E-state index contributed by atoms with van der Waals surface area (Å²) < 4.78 is 10.4. The second kappa shape index (κ2) is 7.91. The van der Waals surface area contributed by atoms with Gasteiger partial charge in [0.05, 0.1) is 20.4 Å². The summed E-state index contributed by atoms with van der Waals surface area (Å²) in [7, 11) is 3.02. The van der Waals surface area contributed by atoms with Gasteiger partial charge in [-0.3, -0.25) is 14.6 Å². The zero-order valence-electron chi connectivity index (χ0n) is 13.3. The number of carbonyl (C=O) groups is 2. The quantitative estimate of drug-likeness (QED) is 0.814. The maximum Gasteiger partial charge on any atom is 0.323 e. The molecule has 8 nitrogen and oxygen atoms in total. The molecule has 1 aromatic heterocycles. The smallest absolute Gasteiger partial charge is 0.323 e. The Morgan fingerprint density at radius 3 is 2.29 bits per heavy atom. The van der Waals surface area contributed by atoms with Crippen LogP contribution in [-0.2, 0) is 11.3 Å². The number of ether oxygens (including phenoxy) is 2. The highest BCUT2D eigenvalue weighted by Gasteiger charge is 2.20. The molecule has 1 aromatic carbocycles. The Labute approximate surface area is 138 Å². The van der Waals surface area contributed by atoms with E-state index in [0.29, 0.717) is 17.1 Å². The van der Waals surface area contributed by atoms with Crippen LogP contribution < -0.4 is 9.47 Å². The average Bonchev–Trinajstić information content (AvgIpc) is 2.60. The lowest BCUT2D eigenvalue weighted by Crippen LogP contribution is -2.35. The summed E-state index contributed by atoms with van der Waals surface area (Å²) in [4.78, 5) is 32.5. The molecule has 2 aromatic rings. The first-order valence-corrected chi connectivity index (χ1v) is 7.02. The highest BCUT2D eigenvalue weighted by atomic mass is 16.5. The molecule has 0 fully saturated rings. The van der Waals surface area contributed by atoms with Gasteiger partial charge < -0.3 is 19.5 Å². The Hall–Kier alpha value is -3.16. The average molecular weight is 331 g/mol. The van der Waals surface area contributed by atoms with Crippen molar-refractivity contribution in [3.8, 4) is 11.5 Å². The Bertz CT molecular complexity index is 699. The third-order valence-electron chi connectivity index (χ3n) is 3.18. The molecule has 1 amide bonds. The van der Waals surface area contributed by atoms with Crippen LogP contribution in [0.1, 0.15) is 16.1 Å². The predicted molar refractivity (Wildman–Crippen MR) is 84.0 cm³/mol. The molecule has 24 heavy (non-hydrogen) atoms. The fraction of sp³-hybridized carbons (Fsp3) is 0.250. The molecule has 0 aliphatic rings. The molecular weight excluding hydrogens is 314 g/mol. The number of carboxylic acids is 1. The Kier molecular flexibility index (Phi) is 5.67. The molecule has 2 rings (SSSR count). The lowest BCUT2D eigenvalue weighted by atomic mass is 10.1. The van der Waals surface area contributed by atoms with Crippen molar-refractivity contribution in [2.75, 3.05) is 20.8 Å². The molecule has 1 N–H and O–H groups in total. The van der Waals surface area contributed by atoms with Crippen LogP contribution in [0.15, 0.2) is 36.8 Å². The minimum absolute atomic E-state index is 0.0647. The van der Waals surface area contributed by atoms with E-state index in [1.54, 1.807) is 18.2 Å². The molecule has 1 heterocycles. The first-order valence-electron chi connectivity index (χ1n) is 7.02. The number of aromatic nitrogens is 2. The van der Waals surface area contributed by atoms with E-state index < -0.39 is 18.4 Å². The van der Waals surface area contributed by atoms with Gasteiger partial charge in [0.1, 0.15) is 23.7 Å². The SMILES string of the molecule is COc1cc(CN(CC(=O)O)C(=O)c2cnccn2)cc(OC)c1. The number of methoxy groups -OCH3 is 2. The molecule has 0 atom stereocenters. The van der Waals surface area contributed by atoms with Crippen LogP contribution in [-0.4, -0.2) is 52.6 Å². The Morgan fingerprint density at radius 1 is 1.12 bits per heavy atom. The summed E-state index contributed by atoms with van der Waals surface area (Å²) >= 11 is 0. The van der Waals surface area contributed by atoms with Crippen LogP contribution in [0, 0.1) is 0 Å². The molecule has 126 valence electrons. The van der Waals surface area contributed by atoms with E-state index in [9.17, 15) is 9.59 Å². The van der Waals surface area contributed by atoms with Crippen molar-refractivity contribution < 1.29 is 24.2 Å². The normalized spacial score (nSPS) is 10.1. The van der Waals surface area contributed by atoms with Gasteiger partial charge in [-0.05, 0) is 17.7 Å². The number of hydrogen-bond acceptors (Lipinski definition) is 6. The van der Waals surface area contributed by atoms with Gasteiger partial charge >= 0.3 is 5.97 Å². The van der Waals surface area contributed by atoms with Gasteiger partial charge in [-0.15, -0.1) is 0 Å². The maximum absolute atomic E-state index is 12.5. The van der Waals surface area contributed by atoms with Gasteiger partial charge in [0.25, 0.3) is 5.91 Å². The third-order valence-corrected chi connectivity index (χ3v) is 3.18. The number of carbonyl (C=O) groups excluding carboxylic acids is 1. The zero-order valence-corrected chi connectivity index (χ0v) is 13.3. The van der Waals surface area contributed by atoms with Crippen molar-refractivity contribution in [1.82, 2.24) is 14.9 Å². The number of rotatable bonds is 7. The van der Waals surface area contributed by atoms with Crippen LogP contribution in [0.25, 0.3) is 0 Å².